The summed E-state index contributed by atoms with van der Waals surface area (Å²) in [7, 11) is 0. The molecule has 0 spiro atoms. The molecule has 0 fully saturated rings. The first-order valence-corrected chi connectivity index (χ1v) is 8.38. The molecule has 124 valence electrons. The zero-order valence-corrected chi connectivity index (χ0v) is 14.4. The van der Waals surface area contributed by atoms with Crippen LogP contribution in [-0.2, 0) is 17.8 Å². The van der Waals surface area contributed by atoms with E-state index in [4.69, 9.17) is 0 Å². The Morgan fingerprint density at radius 3 is 2.58 bits per heavy atom. The van der Waals surface area contributed by atoms with E-state index in [1.165, 1.54) is 5.56 Å². The Bertz CT molecular complexity index is 849. The van der Waals surface area contributed by atoms with Gasteiger partial charge in [0, 0.05) is 0 Å². The second-order valence-electron chi connectivity index (χ2n) is 6.12. The van der Waals surface area contributed by atoms with Crippen molar-refractivity contribution >= 4 is 16.9 Å². The summed E-state index contributed by atoms with van der Waals surface area (Å²) in [6.07, 6.45) is 1.02. The summed E-state index contributed by atoms with van der Waals surface area (Å²) in [5.74, 6) is 0.847. The summed E-state index contributed by atoms with van der Waals surface area (Å²) in [6.45, 7) is 6.36. The van der Waals surface area contributed by atoms with Gasteiger partial charge in [-0.15, -0.1) is 0 Å². The molecule has 24 heavy (non-hydrogen) atoms. The highest BCUT2D eigenvalue weighted by Gasteiger charge is 2.13. The molecule has 1 heterocycles. The van der Waals surface area contributed by atoms with Crippen molar-refractivity contribution < 1.29 is 4.79 Å². The molecule has 0 aliphatic carbocycles. The van der Waals surface area contributed by atoms with Crippen molar-refractivity contribution in [3.8, 4) is 0 Å². The number of fused-ring (bicyclic) bond motifs is 1. The Morgan fingerprint density at radius 1 is 1.17 bits per heavy atom. The number of nitrogens with zero attached hydrogens (tertiary/aromatic N) is 2. The Balaban J connectivity index is 1.71. The summed E-state index contributed by atoms with van der Waals surface area (Å²) in [5, 5.41) is 3.08. The molecule has 0 bridgehead atoms. The number of para-hydroxylation sites is 2. The number of carbonyl (C=O) groups is 1. The number of amides is 1. The first-order valence-electron chi connectivity index (χ1n) is 8.38. The van der Waals surface area contributed by atoms with Crippen LogP contribution in [0.25, 0.3) is 11.0 Å². The topological polar surface area (TPSA) is 46.9 Å². The van der Waals surface area contributed by atoms with Crippen molar-refractivity contribution in [2.45, 2.75) is 39.8 Å². The summed E-state index contributed by atoms with van der Waals surface area (Å²) < 4.78 is 1.96. The zero-order chi connectivity index (χ0) is 17.1. The van der Waals surface area contributed by atoms with Crippen LogP contribution in [0.5, 0.6) is 0 Å². The molecule has 0 unspecified atom stereocenters. The average Bonchev–Trinajstić information content (AvgIpc) is 2.90. The molecule has 3 rings (SSSR count). The van der Waals surface area contributed by atoms with Gasteiger partial charge in [-0.05, 0) is 43.5 Å². The first kappa shape index (κ1) is 16.2. The van der Waals surface area contributed by atoms with Crippen LogP contribution in [0.1, 0.15) is 36.8 Å². The van der Waals surface area contributed by atoms with E-state index in [0.717, 1.165) is 28.8 Å². The monoisotopic (exact) mass is 321 g/mol. The highest BCUT2D eigenvalue weighted by atomic mass is 16.2. The third-order valence-electron chi connectivity index (χ3n) is 4.41. The lowest BCUT2D eigenvalue weighted by molar-refractivity contribution is -0.122. The lowest BCUT2D eigenvalue weighted by atomic mass is 10.1. The largest absolute Gasteiger partial charge is 0.348 e. The predicted octanol–water partition coefficient (Wildman–Crippen LogP) is 3.78. The number of imidazole rings is 1. The fourth-order valence-corrected chi connectivity index (χ4v) is 2.95. The summed E-state index contributed by atoms with van der Waals surface area (Å²) in [4.78, 5) is 17.0. The van der Waals surface area contributed by atoms with E-state index in [-0.39, 0.29) is 18.5 Å². The van der Waals surface area contributed by atoms with E-state index >= 15 is 0 Å². The van der Waals surface area contributed by atoms with Crippen molar-refractivity contribution in [1.29, 1.82) is 0 Å². The van der Waals surface area contributed by atoms with Gasteiger partial charge in [-0.25, -0.2) is 4.98 Å². The van der Waals surface area contributed by atoms with Gasteiger partial charge in [0.25, 0.3) is 0 Å². The predicted molar refractivity (Wildman–Crippen MR) is 96.8 cm³/mol. The van der Waals surface area contributed by atoms with Crippen LogP contribution < -0.4 is 5.32 Å². The van der Waals surface area contributed by atoms with Gasteiger partial charge >= 0.3 is 0 Å². The number of rotatable bonds is 5. The van der Waals surface area contributed by atoms with E-state index in [1.807, 2.05) is 42.7 Å². The van der Waals surface area contributed by atoms with Gasteiger partial charge in [0.05, 0.1) is 17.1 Å². The van der Waals surface area contributed by atoms with Crippen LogP contribution in [0, 0.1) is 6.92 Å². The molecule has 0 radical (unpaired) electrons. The molecule has 1 N–H and O–H groups in total. The number of aromatic nitrogens is 2. The van der Waals surface area contributed by atoms with Crippen LogP contribution in [0.3, 0.4) is 0 Å². The maximum Gasteiger partial charge on any atom is 0.240 e. The second kappa shape index (κ2) is 6.87. The number of nitrogens with one attached hydrogen (secondary N) is 1. The molecule has 4 nitrogen and oxygen atoms in total. The van der Waals surface area contributed by atoms with E-state index in [2.05, 4.69) is 41.5 Å². The molecule has 1 amide bonds. The highest BCUT2D eigenvalue weighted by Crippen LogP contribution is 2.16. The summed E-state index contributed by atoms with van der Waals surface area (Å²) in [5.41, 5.74) is 4.33. The first-order chi connectivity index (χ1) is 11.6. The minimum atomic E-state index is -0.0153. The van der Waals surface area contributed by atoms with Crippen molar-refractivity contribution in [2.75, 3.05) is 0 Å². The molecule has 0 aliphatic rings. The van der Waals surface area contributed by atoms with Gasteiger partial charge in [0.2, 0.25) is 5.91 Å². The SMILES string of the molecule is CCc1ccc([C@H](C)NC(=O)Cn2c(C)nc3ccccc32)cc1. The number of benzene rings is 2. The number of hydrogen-bond donors (Lipinski definition) is 1. The third-order valence-corrected chi connectivity index (χ3v) is 4.41. The molecule has 3 aromatic rings. The maximum atomic E-state index is 12.5. The minimum absolute atomic E-state index is 0.00618. The van der Waals surface area contributed by atoms with Crippen LogP contribution in [0.2, 0.25) is 0 Å². The third kappa shape index (κ3) is 3.32. The Morgan fingerprint density at radius 2 is 1.88 bits per heavy atom. The lowest BCUT2D eigenvalue weighted by Crippen LogP contribution is -2.30. The van der Waals surface area contributed by atoms with Crippen molar-refractivity contribution in [2.24, 2.45) is 0 Å². The van der Waals surface area contributed by atoms with Crippen LogP contribution in [-0.4, -0.2) is 15.5 Å². The average molecular weight is 321 g/mol. The van der Waals surface area contributed by atoms with Crippen LogP contribution in [0.4, 0.5) is 0 Å². The molecule has 0 aliphatic heterocycles. The van der Waals surface area contributed by atoms with Crippen LogP contribution >= 0.6 is 0 Å². The Hall–Kier alpha value is -2.62. The highest BCUT2D eigenvalue weighted by molar-refractivity contribution is 5.81. The minimum Gasteiger partial charge on any atom is -0.348 e. The standard InChI is InChI=1S/C20H23N3O/c1-4-16-9-11-17(12-10-16)14(2)21-20(24)13-23-15(3)22-18-7-5-6-8-19(18)23/h5-12,14H,4,13H2,1-3H3,(H,21,24)/t14-/m0/s1. The Kier molecular flexibility index (Phi) is 4.65. The fourth-order valence-electron chi connectivity index (χ4n) is 2.95. The molecule has 1 aromatic heterocycles. The number of hydrogen-bond acceptors (Lipinski definition) is 2. The van der Waals surface area contributed by atoms with Gasteiger partial charge in [0.1, 0.15) is 12.4 Å². The van der Waals surface area contributed by atoms with Gasteiger partial charge in [0.15, 0.2) is 0 Å². The summed E-state index contributed by atoms with van der Waals surface area (Å²) >= 11 is 0. The van der Waals surface area contributed by atoms with E-state index in [9.17, 15) is 4.79 Å². The molecular weight excluding hydrogens is 298 g/mol. The second-order valence-corrected chi connectivity index (χ2v) is 6.12. The van der Waals surface area contributed by atoms with E-state index in [1.54, 1.807) is 0 Å². The Labute approximate surface area is 142 Å². The number of aryl methyl sites for hydroxylation is 2. The van der Waals surface area contributed by atoms with E-state index < -0.39 is 0 Å². The van der Waals surface area contributed by atoms with Crippen molar-refractivity contribution in [3.63, 3.8) is 0 Å². The molecular formula is C20H23N3O. The number of carbonyl (C=O) groups excluding carboxylic acids is 1. The molecule has 1 atom stereocenters. The van der Waals surface area contributed by atoms with Crippen LogP contribution in [0.15, 0.2) is 48.5 Å². The molecule has 2 aromatic carbocycles. The quantitative estimate of drug-likeness (QED) is 0.777. The van der Waals surface area contributed by atoms with Crippen molar-refractivity contribution in [1.82, 2.24) is 14.9 Å². The lowest BCUT2D eigenvalue weighted by Gasteiger charge is -2.16. The molecule has 0 saturated heterocycles. The molecule has 0 saturated carbocycles. The smallest absolute Gasteiger partial charge is 0.240 e. The van der Waals surface area contributed by atoms with Gasteiger partial charge in [-0.1, -0.05) is 43.3 Å². The van der Waals surface area contributed by atoms with Crippen molar-refractivity contribution in [3.05, 3.63) is 65.5 Å². The maximum absolute atomic E-state index is 12.5. The fraction of sp³-hybridized carbons (Fsp3) is 0.300. The molecule has 4 heteroatoms. The van der Waals surface area contributed by atoms with Gasteiger partial charge in [-0.3, -0.25) is 4.79 Å². The van der Waals surface area contributed by atoms with Gasteiger partial charge < -0.3 is 9.88 Å². The zero-order valence-electron chi connectivity index (χ0n) is 14.4. The normalized spacial score (nSPS) is 12.3. The van der Waals surface area contributed by atoms with Gasteiger partial charge in [-0.2, -0.15) is 0 Å². The van der Waals surface area contributed by atoms with E-state index in [0.29, 0.717) is 0 Å². The summed E-state index contributed by atoms with van der Waals surface area (Å²) in [6, 6.07) is 16.3.